The molecule has 2 atom stereocenters. The van der Waals surface area contributed by atoms with Crippen LogP contribution in [0.2, 0.25) is 0 Å². The molecule has 4 rings (SSSR count). The maximum absolute atomic E-state index is 13.1. The average molecular weight is 424 g/mol. The van der Waals surface area contributed by atoms with Crippen LogP contribution in [0.15, 0.2) is 79.1 Å². The second kappa shape index (κ2) is 10.2. The number of piperazine rings is 1. The van der Waals surface area contributed by atoms with E-state index in [0.29, 0.717) is 12.3 Å². The molecule has 6 heteroatoms. The van der Waals surface area contributed by atoms with Gasteiger partial charge in [-0.2, -0.15) is 0 Å². The Hall–Kier alpha value is -2.89. The highest BCUT2D eigenvalue weighted by Gasteiger charge is 2.31. The van der Waals surface area contributed by atoms with Crippen LogP contribution in [0, 0.1) is 0 Å². The molecule has 30 heavy (non-hydrogen) atoms. The minimum atomic E-state index is -0.560. The number of halogens is 1. The van der Waals surface area contributed by atoms with Gasteiger partial charge in [0.1, 0.15) is 5.75 Å². The van der Waals surface area contributed by atoms with E-state index in [2.05, 4.69) is 22.4 Å². The summed E-state index contributed by atoms with van der Waals surface area (Å²) in [6, 6.07) is 22.0. The van der Waals surface area contributed by atoms with E-state index in [1.165, 1.54) is 0 Å². The molecular weight excluding hydrogens is 398 g/mol. The number of rotatable bonds is 5. The Morgan fingerprint density at radius 1 is 1.07 bits per heavy atom. The molecule has 0 radical (unpaired) electrons. The zero-order valence-corrected chi connectivity index (χ0v) is 17.7. The van der Waals surface area contributed by atoms with Crippen molar-refractivity contribution >= 4 is 18.3 Å². The van der Waals surface area contributed by atoms with E-state index in [0.717, 1.165) is 29.8 Å². The second-order valence-corrected chi connectivity index (χ2v) is 7.19. The summed E-state index contributed by atoms with van der Waals surface area (Å²) in [4.78, 5) is 19.2. The number of ether oxygens (including phenoxy) is 1. The molecule has 156 valence electrons. The Kier molecular flexibility index (Phi) is 7.44. The van der Waals surface area contributed by atoms with Crippen molar-refractivity contribution in [2.24, 2.45) is 0 Å². The zero-order chi connectivity index (χ0) is 20.1. The van der Waals surface area contributed by atoms with Gasteiger partial charge in [0, 0.05) is 32.0 Å². The van der Waals surface area contributed by atoms with Crippen molar-refractivity contribution in [2.45, 2.75) is 19.1 Å². The molecule has 3 aromatic rings. The van der Waals surface area contributed by atoms with E-state index >= 15 is 0 Å². The van der Waals surface area contributed by atoms with Crippen molar-refractivity contribution in [1.82, 2.24) is 15.2 Å². The van der Waals surface area contributed by atoms with Gasteiger partial charge in [-0.1, -0.05) is 48.5 Å². The predicted octanol–water partition coefficient (Wildman–Crippen LogP) is 4.11. The minimum absolute atomic E-state index is 0. The van der Waals surface area contributed by atoms with E-state index in [1.807, 2.05) is 72.6 Å². The Bertz CT molecular complexity index is 936. The Morgan fingerprint density at radius 3 is 2.50 bits per heavy atom. The molecule has 1 aliphatic rings. The van der Waals surface area contributed by atoms with Crippen LogP contribution in [0.5, 0.6) is 5.75 Å². The first kappa shape index (κ1) is 21.8. The van der Waals surface area contributed by atoms with E-state index < -0.39 is 6.10 Å². The fourth-order valence-electron chi connectivity index (χ4n) is 3.68. The summed E-state index contributed by atoms with van der Waals surface area (Å²) < 4.78 is 5.98. The summed E-state index contributed by atoms with van der Waals surface area (Å²) in [7, 11) is 0. The Morgan fingerprint density at radius 2 is 1.80 bits per heavy atom. The molecule has 1 aliphatic heterocycles. The summed E-state index contributed by atoms with van der Waals surface area (Å²) >= 11 is 0. The SMILES string of the molecule is CC(Oc1ccc(-c2ccccc2)cc1)C(=O)N1CCNCC1c1cccnc1.Cl. The van der Waals surface area contributed by atoms with Crippen LogP contribution in [0.3, 0.4) is 0 Å². The van der Waals surface area contributed by atoms with Gasteiger partial charge in [0.05, 0.1) is 6.04 Å². The smallest absolute Gasteiger partial charge is 0.263 e. The Labute approximate surface area is 183 Å². The van der Waals surface area contributed by atoms with E-state index in [1.54, 1.807) is 6.20 Å². The van der Waals surface area contributed by atoms with Gasteiger partial charge in [-0.05, 0) is 41.8 Å². The maximum Gasteiger partial charge on any atom is 0.263 e. The molecule has 0 spiro atoms. The Balaban J connectivity index is 0.00000256. The molecule has 1 aromatic heterocycles. The third kappa shape index (κ3) is 4.99. The number of carbonyl (C=O) groups is 1. The summed E-state index contributed by atoms with van der Waals surface area (Å²) in [5, 5.41) is 3.37. The van der Waals surface area contributed by atoms with Gasteiger partial charge in [-0.25, -0.2) is 0 Å². The molecule has 2 aromatic carbocycles. The summed E-state index contributed by atoms with van der Waals surface area (Å²) in [6.45, 7) is 3.96. The molecular formula is C24H26ClN3O2. The summed E-state index contributed by atoms with van der Waals surface area (Å²) in [6.07, 6.45) is 3.01. The highest BCUT2D eigenvalue weighted by molar-refractivity contribution is 5.85. The molecule has 2 heterocycles. The number of pyridine rings is 1. The number of hydrogen-bond donors (Lipinski definition) is 1. The quantitative estimate of drug-likeness (QED) is 0.671. The number of amides is 1. The van der Waals surface area contributed by atoms with Crippen molar-refractivity contribution in [3.05, 3.63) is 84.7 Å². The fourth-order valence-corrected chi connectivity index (χ4v) is 3.68. The van der Waals surface area contributed by atoms with Gasteiger partial charge in [0.2, 0.25) is 0 Å². The van der Waals surface area contributed by atoms with Crippen LogP contribution in [0.25, 0.3) is 11.1 Å². The van der Waals surface area contributed by atoms with Crippen LogP contribution >= 0.6 is 12.4 Å². The van der Waals surface area contributed by atoms with Gasteiger partial charge >= 0.3 is 0 Å². The normalized spacial score (nSPS) is 17.0. The summed E-state index contributed by atoms with van der Waals surface area (Å²) in [5.41, 5.74) is 3.31. The van der Waals surface area contributed by atoms with Crippen LogP contribution < -0.4 is 10.1 Å². The molecule has 2 unspecified atom stereocenters. The largest absolute Gasteiger partial charge is 0.481 e. The molecule has 1 amide bonds. The van der Waals surface area contributed by atoms with E-state index in [4.69, 9.17) is 4.74 Å². The van der Waals surface area contributed by atoms with E-state index in [9.17, 15) is 4.79 Å². The lowest BCUT2D eigenvalue weighted by Crippen LogP contribution is -2.52. The maximum atomic E-state index is 13.1. The van der Waals surface area contributed by atoms with E-state index in [-0.39, 0.29) is 24.4 Å². The molecule has 0 bridgehead atoms. The number of nitrogens with one attached hydrogen (secondary N) is 1. The number of carbonyl (C=O) groups excluding carboxylic acids is 1. The third-order valence-corrected chi connectivity index (χ3v) is 5.22. The molecule has 0 saturated carbocycles. The number of aromatic nitrogens is 1. The van der Waals surface area contributed by atoms with Crippen molar-refractivity contribution in [1.29, 1.82) is 0 Å². The van der Waals surface area contributed by atoms with Crippen LogP contribution in [0.4, 0.5) is 0 Å². The topological polar surface area (TPSA) is 54.5 Å². The zero-order valence-electron chi connectivity index (χ0n) is 16.9. The lowest BCUT2D eigenvalue weighted by molar-refractivity contribution is -0.141. The molecule has 0 aliphatic carbocycles. The third-order valence-electron chi connectivity index (χ3n) is 5.22. The van der Waals surface area contributed by atoms with Crippen molar-refractivity contribution in [3.63, 3.8) is 0 Å². The van der Waals surface area contributed by atoms with Crippen LogP contribution in [-0.4, -0.2) is 41.5 Å². The first-order valence-electron chi connectivity index (χ1n) is 9.95. The second-order valence-electron chi connectivity index (χ2n) is 7.19. The minimum Gasteiger partial charge on any atom is -0.481 e. The highest BCUT2D eigenvalue weighted by Crippen LogP contribution is 2.25. The first-order chi connectivity index (χ1) is 14.2. The van der Waals surface area contributed by atoms with Gasteiger partial charge < -0.3 is 15.0 Å². The monoisotopic (exact) mass is 423 g/mol. The van der Waals surface area contributed by atoms with Crippen molar-refractivity contribution in [2.75, 3.05) is 19.6 Å². The first-order valence-corrected chi connectivity index (χ1v) is 9.95. The summed E-state index contributed by atoms with van der Waals surface area (Å²) in [5.74, 6) is 0.686. The van der Waals surface area contributed by atoms with Gasteiger partial charge in [0.15, 0.2) is 6.10 Å². The lowest BCUT2D eigenvalue weighted by atomic mass is 10.0. The molecule has 1 fully saturated rings. The standard InChI is InChI=1S/C24H25N3O2.ClH/c1-18(29-22-11-9-20(10-12-22)19-6-3-2-4-7-19)24(28)27-15-14-26-17-23(27)21-8-5-13-25-16-21;/h2-13,16,18,23,26H,14-15,17H2,1H3;1H. The number of hydrogen-bond acceptors (Lipinski definition) is 4. The average Bonchev–Trinajstić information content (AvgIpc) is 2.80. The fraction of sp³-hybridized carbons (Fsp3) is 0.250. The van der Waals surface area contributed by atoms with Crippen molar-refractivity contribution in [3.8, 4) is 16.9 Å². The highest BCUT2D eigenvalue weighted by atomic mass is 35.5. The van der Waals surface area contributed by atoms with Gasteiger partial charge in [-0.3, -0.25) is 9.78 Å². The number of benzene rings is 2. The number of nitrogens with zero attached hydrogens (tertiary/aromatic N) is 2. The van der Waals surface area contributed by atoms with Crippen LogP contribution in [-0.2, 0) is 4.79 Å². The predicted molar refractivity (Wildman–Crippen MR) is 121 cm³/mol. The molecule has 1 N–H and O–H groups in total. The molecule has 5 nitrogen and oxygen atoms in total. The lowest BCUT2D eigenvalue weighted by Gasteiger charge is -2.37. The molecule has 1 saturated heterocycles. The van der Waals surface area contributed by atoms with Gasteiger partial charge in [-0.15, -0.1) is 12.4 Å². The van der Waals surface area contributed by atoms with Gasteiger partial charge in [0.25, 0.3) is 5.91 Å². The van der Waals surface area contributed by atoms with Crippen LogP contribution in [0.1, 0.15) is 18.5 Å². The van der Waals surface area contributed by atoms with Crippen molar-refractivity contribution < 1.29 is 9.53 Å².